The summed E-state index contributed by atoms with van der Waals surface area (Å²) >= 11 is 1.77. The van der Waals surface area contributed by atoms with Crippen molar-refractivity contribution in [2.24, 2.45) is 5.92 Å². The molecule has 7 rings (SSSR count). The molecule has 4 aromatic heterocycles. The standard InChI is InChI=1S/C28H36N8O2S/c1-17(2)23-24(19-9-21(37-4)26-30-16-31-36(26)13-19)32-33-25(23)27-29-11-22(39-27)35-15-28(3)10-20(35)14-34(28)12-18-5-7-38-8-6-18/h9,11,13,16-18,20H,5-8,10,12,14-15H2,1-4H3,(H,32,33)/t20-,28-/m0/s1. The molecule has 0 aromatic carbocycles. The van der Waals surface area contributed by atoms with Gasteiger partial charge in [0.1, 0.15) is 16.3 Å². The normalized spacial score (nSPS) is 24.0. The van der Waals surface area contributed by atoms with Crippen molar-refractivity contribution in [3.05, 3.63) is 30.4 Å². The number of ether oxygens (including phenoxy) is 2. The number of methoxy groups -OCH3 is 1. The van der Waals surface area contributed by atoms with Crippen LogP contribution in [0, 0.1) is 5.92 Å². The number of pyridine rings is 1. The van der Waals surface area contributed by atoms with E-state index in [1.54, 1.807) is 23.0 Å². The number of aromatic amines is 1. The van der Waals surface area contributed by atoms with Crippen molar-refractivity contribution in [1.82, 2.24) is 34.7 Å². The maximum Gasteiger partial charge on any atom is 0.197 e. The second-order valence-corrected chi connectivity index (χ2v) is 12.8. The number of hydrogen-bond acceptors (Lipinski definition) is 9. The number of fused-ring (bicyclic) bond motifs is 3. The van der Waals surface area contributed by atoms with E-state index in [0.717, 1.165) is 59.7 Å². The van der Waals surface area contributed by atoms with Gasteiger partial charge in [-0.05, 0) is 44.1 Å². The Bertz CT molecular complexity index is 1490. The monoisotopic (exact) mass is 548 g/mol. The predicted octanol–water partition coefficient (Wildman–Crippen LogP) is 4.45. The van der Waals surface area contributed by atoms with E-state index < -0.39 is 0 Å². The first kappa shape index (κ1) is 25.0. The third-order valence-electron chi connectivity index (χ3n) is 8.85. The van der Waals surface area contributed by atoms with E-state index in [1.807, 2.05) is 12.3 Å². The van der Waals surface area contributed by atoms with Gasteiger partial charge in [0.05, 0.1) is 24.7 Å². The Hall–Kier alpha value is -3.02. The van der Waals surface area contributed by atoms with Crippen molar-refractivity contribution in [3.63, 3.8) is 0 Å². The molecule has 1 N–H and O–H groups in total. The lowest BCUT2D eigenvalue weighted by atomic mass is 9.96. The molecule has 3 aliphatic rings. The Morgan fingerprint density at radius 3 is 2.85 bits per heavy atom. The van der Waals surface area contributed by atoms with E-state index >= 15 is 0 Å². The van der Waals surface area contributed by atoms with Crippen molar-refractivity contribution >= 4 is 22.0 Å². The van der Waals surface area contributed by atoms with Crippen LogP contribution >= 0.6 is 11.3 Å². The number of anilines is 1. The first-order valence-corrected chi connectivity index (χ1v) is 14.8. The molecule has 0 saturated carbocycles. The Balaban J connectivity index is 1.15. The molecule has 0 amide bonds. The highest BCUT2D eigenvalue weighted by atomic mass is 32.1. The first-order chi connectivity index (χ1) is 18.9. The van der Waals surface area contributed by atoms with Crippen LogP contribution in [-0.2, 0) is 4.74 Å². The van der Waals surface area contributed by atoms with Gasteiger partial charge in [0.2, 0.25) is 0 Å². The van der Waals surface area contributed by atoms with Crippen molar-refractivity contribution in [2.75, 3.05) is 44.9 Å². The van der Waals surface area contributed by atoms with Crippen LogP contribution in [0.3, 0.4) is 0 Å². The lowest BCUT2D eigenvalue weighted by molar-refractivity contribution is 0.0387. The molecule has 0 radical (unpaired) electrons. The zero-order chi connectivity index (χ0) is 26.7. The van der Waals surface area contributed by atoms with Gasteiger partial charge in [-0.2, -0.15) is 10.2 Å². The third kappa shape index (κ3) is 4.22. The minimum atomic E-state index is 0.233. The molecule has 206 valence electrons. The number of rotatable bonds is 7. The van der Waals surface area contributed by atoms with E-state index in [4.69, 9.17) is 19.6 Å². The number of thiazole rings is 1. The summed E-state index contributed by atoms with van der Waals surface area (Å²) in [6, 6.07) is 2.53. The Morgan fingerprint density at radius 1 is 1.26 bits per heavy atom. The van der Waals surface area contributed by atoms with Gasteiger partial charge >= 0.3 is 0 Å². The van der Waals surface area contributed by atoms with Gasteiger partial charge in [-0.3, -0.25) is 10.00 Å². The van der Waals surface area contributed by atoms with E-state index in [0.29, 0.717) is 17.4 Å². The number of nitrogens with zero attached hydrogens (tertiary/aromatic N) is 7. The van der Waals surface area contributed by atoms with Crippen LogP contribution in [0.15, 0.2) is 24.8 Å². The van der Waals surface area contributed by atoms with Gasteiger partial charge in [-0.15, -0.1) is 0 Å². The third-order valence-corrected chi connectivity index (χ3v) is 9.90. The van der Waals surface area contributed by atoms with E-state index in [9.17, 15) is 0 Å². The van der Waals surface area contributed by atoms with Gasteiger partial charge in [-0.25, -0.2) is 14.5 Å². The number of H-pyrrole nitrogens is 1. The summed E-state index contributed by atoms with van der Waals surface area (Å²) in [4.78, 5) is 14.6. The summed E-state index contributed by atoms with van der Waals surface area (Å²) < 4.78 is 12.9. The summed E-state index contributed by atoms with van der Waals surface area (Å²) in [6.45, 7) is 12.1. The molecular formula is C28H36N8O2S. The van der Waals surface area contributed by atoms with Gasteiger partial charge in [0.15, 0.2) is 11.4 Å². The zero-order valence-corrected chi connectivity index (χ0v) is 23.9. The number of piperazine rings is 1. The summed E-state index contributed by atoms with van der Waals surface area (Å²) in [5.41, 5.74) is 4.88. The molecule has 39 heavy (non-hydrogen) atoms. The molecule has 10 nitrogen and oxygen atoms in total. The van der Waals surface area contributed by atoms with Gasteiger partial charge in [-0.1, -0.05) is 25.2 Å². The SMILES string of the molecule is COc1cc(-c2n[nH]c(-c3ncc(N4C[C@]5(C)C[C@H]4CN5CC4CCOCC4)s3)c2C(C)C)cn2ncnc12. The van der Waals surface area contributed by atoms with Crippen molar-refractivity contribution < 1.29 is 9.47 Å². The van der Waals surface area contributed by atoms with Gasteiger partial charge < -0.3 is 14.4 Å². The second-order valence-electron chi connectivity index (χ2n) is 11.8. The quantitative estimate of drug-likeness (QED) is 0.362. The molecule has 11 heteroatoms. The molecule has 0 spiro atoms. The largest absolute Gasteiger partial charge is 0.493 e. The number of aromatic nitrogens is 6. The minimum absolute atomic E-state index is 0.233. The van der Waals surface area contributed by atoms with E-state index in [2.05, 4.69) is 51.9 Å². The number of likely N-dealkylation sites (tertiary alicyclic amines) is 1. The molecule has 0 unspecified atom stereocenters. The van der Waals surface area contributed by atoms with Crippen molar-refractivity contribution in [1.29, 1.82) is 0 Å². The molecule has 7 heterocycles. The fourth-order valence-corrected chi connectivity index (χ4v) is 7.82. The van der Waals surface area contributed by atoms with Crippen molar-refractivity contribution in [3.8, 4) is 27.7 Å². The summed E-state index contributed by atoms with van der Waals surface area (Å²) in [5, 5.41) is 14.6. The zero-order valence-electron chi connectivity index (χ0n) is 23.1. The fourth-order valence-electron chi connectivity index (χ4n) is 6.82. The smallest absolute Gasteiger partial charge is 0.197 e. The summed E-state index contributed by atoms with van der Waals surface area (Å²) in [5.74, 6) is 1.69. The highest BCUT2D eigenvalue weighted by Crippen LogP contribution is 2.46. The molecular weight excluding hydrogens is 512 g/mol. The highest BCUT2D eigenvalue weighted by molar-refractivity contribution is 7.18. The van der Waals surface area contributed by atoms with E-state index in [-0.39, 0.29) is 11.5 Å². The lowest BCUT2D eigenvalue weighted by Crippen LogP contribution is -2.54. The average Bonchev–Trinajstić information content (AvgIpc) is 3.75. The molecule has 4 aromatic rings. The maximum atomic E-state index is 5.60. The van der Waals surface area contributed by atoms with Crippen molar-refractivity contribution in [2.45, 2.75) is 57.5 Å². The van der Waals surface area contributed by atoms with Crippen LogP contribution in [0.5, 0.6) is 5.75 Å². The van der Waals surface area contributed by atoms with Crippen LogP contribution in [0.4, 0.5) is 5.00 Å². The summed E-state index contributed by atoms with van der Waals surface area (Å²) in [6.07, 6.45) is 9.17. The Labute approximate surface area is 232 Å². The van der Waals surface area contributed by atoms with Gasteiger partial charge in [0, 0.05) is 61.8 Å². The maximum absolute atomic E-state index is 5.60. The summed E-state index contributed by atoms with van der Waals surface area (Å²) in [7, 11) is 1.65. The number of nitrogens with one attached hydrogen (secondary N) is 1. The molecule has 3 fully saturated rings. The van der Waals surface area contributed by atoms with E-state index in [1.165, 1.54) is 37.1 Å². The molecule has 2 atom stereocenters. The van der Waals surface area contributed by atoms with Gasteiger partial charge in [0.25, 0.3) is 0 Å². The predicted molar refractivity (Wildman–Crippen MR) is 152 cm³/mol. The minimum Gasteiger partial charge on any atom is -0.493 e. The highest BCUT2D eigenvalue weighted by Gasteiger charge is 2.52. The Morgan fingerprint density at radius 2 is 2.10 bits per heavy atom. The lowest BCUT2D eigenvalue weighted by Gasteiger charge is -2.42. The molecule has 0 aliphatic carbocycles. The van der Waals surface area contributed by atoms with Crippen LogP contribution in [0.1, 0.15) is 51.5 Å². The fraction of sp³-hybridized carbons (Fsp3) is 0.571. The molecule has 3 saturated heterocycles. The first-order valence-electron chi connectivity index (χ1n) is 13.9. The topological polar surface area (TPSA) is 96.7 Å². The second kappa shape index (κ2) is 9.57. The van der Waals surface area contributed by atoms with Crippen LogP contribution < -0.4 is 9.64 Å². The van der Waals surface area contributed by atoms with Crippen LogP contribution in [-0.4, -0.2) is 86.2 Å². The molecule has 2 bridgehead atoms. The van der Waals surface area contributed by atoms with Crippen LogP contribution in [0.25, 0.3) is 27.6 Å². The average molecular weight is 549 g/mol. The number of hydrogen-bond donors (Lipinski definition) is 1. The molecule has 3 aliphatic heterocycles. The van der Waals surface area contributed by atoms with Crippen LogP contribution in [0.2, 0.25) is 0 Å². The Kier molecular flexibility index (Phi) is 6.13.